The molecule has 0 fully saturated rings. The van der Waals surface area contributed by atoms with E-state index in [4.69, 9.17) is 11.3 Å². The van der Waals surface area contributed by atoms with Gasteiger partial charge in [0.2, 0.25) is 5.69 Å². The number of nitrogens with zero attached hydrogens (tertiary/aromatic N) is 2. The van der Waals surface area contributed by atoms with Gasteiger partial charge in [-0.25, -0.2) is 9.41 Å². The van der Waals surface area contributed by atoms with Gasteiger partial charge in [0.25, 0.3) is 0 Å². The summed E-state index contributed by atoms with van der Waals surface area (Å²) in [7, 11) is 2.07. The lowest BCUT2D eigenvalue weighted by atomic mass is 9.88. The van der Waals surface area contributed by atoms with Gasteiger partial charge >= 0.3 is 0 Å². The molecule has 3 heteroatoms. The zero-order valence-corrected chi connectivity index (χ0v) is 15.8. The molecule has 1 aliphatic rings. The van der Waals surface area contributed by atoms with Crippen molar-refractivity contribution in [3.05, 3.63) is 70.7 Å². The van der Waals surface area contributed by atoms with Crippen molar-refractivity contribution >= 4 is 27.2 Å². The third-order valence-corrected chi connectivity index (χ3v) is 5.69. The second-order valence-corrected chi connectivity index (χ2v) is 7.40. The largest absolute Gasteiger partial charge is 0.457 e. The van der Waals surface area contributed by atoms with Crippen molar-refractivity contribution < 1.29 is 9.30 Å². The van der Waals surface area contributed by atoms with Gasteiger partial charge in [0.15, 0.2) is 11.9 Å². The second kappa shape index (κ2) is 5.31. The van der Waals surface area contributed by atoms with E-state index in [9.17, 15) is 0 Å². The van der Waals surface area contributed by atoms with Crippen LogP contribution in [-0.2, 0) is 7.05 Å². The number of aromatic nitrogens is 1. The zero-order chi connectivity index (χ0) is 18.9. The number of pyridine rings is 1. The molecule has 0 amide bonds. The summed E-state index contributed by atoms with van der Waals surface area (Å²) in [6.45, 7) is 13.8. The Kier molecular flexibility index (Phi) is 3.12. The lowest BCUT2D eigenvalue weighted by Gasteiger charge is -2.24. The van der Waals surface area contributed by atoms with Crippen LogP contribution in [0.2, 0.25) is 0 Å². The molecule has 3 aromatic carbocycles. The summed E-state index contributed by atoms with van der Waals surface area (Å²) >= 11 is 0. The van der Waals surface area contributed by atoms with Crippen LogP contribution in [0.15, 0.2) is 42.6 Å². The van der Waals surface area contributed by atoms with Crippen molar-refractivity contribution in [3.8, 4) is 22.8 Å². The van der Waals surface area contributed by atoms with Gasteiger partial charge in [-0.2, -0.15) is 0 Å². The summed E-state index contributed by atoms with van der Waals surface area (Å²) in [5.74, 6) is 1.68. The minimum atomic E-state index is 0.603. The molecular weight excluding hydrogens is 332 g/mol. The number of hydrogen-bond acceptors (Lipinski definition) is 1. The van der Waals surface area contributed by atoms with Crippen LogP contribution < -0.4 is 9.30 Å². The second-order valence-electron chi connectivity index (χ2n) is 7.40. The van der Waals surface area contributed by atoms with E-state index in [0.717, 1.165) is 39.1 Å². The van der Waals surface area contributed by atoms with Gasteiger partial charge in [0.1, 0.15) is 18.5 Å². The predicted molar refractivity (Wildman–Crippen MR) is 109 cm³/mol. The van der Waals surface area contributed by atoms with E-state index in [1.54, 1.807) is 0 Å². The number of aryl methyl sites for hydroxylation is 4. The molecule has 1 aromatic heterocycles. The van der Waals surface area contributed by atoms with Crippen LogP contribution in [0.25, 0.3) is 37.6 Å². The number of fused-ring (bicyclic) bond motifs is 3. The highest BCUT2D eigenvalue weighted by atomic mass is 16.5. The van der Waals surface area contributed by atoms with Gasteiger partial charge in [-0.15, -0.1) is 0 Å². The highest BCUT2D eigenvalue weighted by Crippen LogP contribution is 2.51. The molecule has 0 radical (unpaired) electrons. The molecule has 0 spiro atoms. The monoisotopic (exact) mass is 351 g/mol. The van der Waals surface area contributed by atoms with Crippen LogP contribution in [0.5, 0.6) is 11.5 Å². The van der Waals surface area contributed by atoms with Gasteiger partial charge < -0.3 is 4.74 Å². The molecule has 27 heavy (non-hydrogen) atoms. The van der Waals surface area contributed by atoms with Crippen molar-refractivity contribution in [1.29, 1.82) is 0 Å². The molecule has 0 saturated carbocycles. The first-order chi connectivity index (χ1) is 13.0. The molecule has 0 saturated heterocycles. The van der Waals surface area contributed by atoms with E-state index in [2.05, 4.69) is 67.7 Å². The van der Waals surface area contributed by atoms with E-state index in [0.29, 0.717) is 5.69 Å². The first-order valence-corrected chi connectivity index (χ1v) is 9.05. The van der Waals surface area contributed by atoms with Crippen LogP contribution in [0, 0.1) is 27.3 Å². The number of ether oxygens (including phenoxy) is 1. The lowest BCUT2D eigenvalue weighted by Crippen LogP contribution is -2.31. The van der Waals surface area contributed by atoms with E-state index in [-0.39, 0.29) is 0 Å². The Labute approximate surface area is 158 Å². The summed E-state index contributed by atoms with van der Waals surface area (Å²) in [5.41, 5.74) is 6.53. The molecule has 0 unspecified atom stereocenters. The van der Waals surface area contributed by atoms with E-state index < -0.39 is 0 Å². The molecule has 4 aromatic rings. The SMILES string of the molecule is [C-]#[N+]c1cc2c3c([n+](C)ccc3c1)-c1c(c(C)c3cc(C)ccc3c1C)O2. The molecule has 0 aliphatic carbocycles. The maximum Gasteiger partial charge on any atom is 0.227 e. The smallest absolute Gasteiger partial charge is 0.227 e. The summed E-state index contributed by atoms with van der Waals surface area (Å²) < 4.78 is 8.61. The normalized spacial score (nSPS) is 12.0. The molecule has 0 bridgehead atoms. The van der Waals surface area contributed by atoms with Gasteiger partial charge in [-0.05, 0) is 54.6 Å². The predicted octanol–water partition coefficient (Wildman–Crippen LogP) is 6.07. The minimum absolute atomic E-state index is 0.603. The average molecular weight is 351 g/mol. The van der Waals surface area contributed by atoms with Gasteiger partial charge in [-0.3, -0.25) is 0 Å². The molecule has 0 N–H and O–H groups in total. The Bertz CT molecular complexity index is 1340. The summed E-state index contributed by atoms with van der Waals surface area (Å²) in [4.78, 5) is 3.63. The fraction of sp³-hybridized carbons (Fsp3) is 0.167. The highest BCUT2D eigenvalue weighted by Gasteiger charge is 2.31. The number of benzene rings is 3. The molecule has 130 valence electrons. The van der Waals surface area contributed by atoms with Crippen LogP contribution in [0.1, 0.15) is 16.7 Å². The fourth-order valence-electron chi connectivity index (χ4n) is 4.33. The topological polar surface area (TPSA) is 17.5 Å². The summed E-state index contributed by atoms with van der Waals surface area (Å²) in [6, 6.07) is 12.5. The van der Waals surface area contributed by atoms with Gasteiger partial charge in [0.05, 0.1) is 17.5 Å². The number of hydrogen-bond donors (Lipinski definition) is 0. The lowest BCUT2D eigenvalue weighted by molar-refractivity contribution is -0.659. The van der Waals surface area contributed by atoms with Crippen molar-refractivity contribution in [1.82, 2.24) is 0 Å². The minimum Gasteiger partial charge on any atom is -0.457 e. The van der Waals surface area contributed by atoms with Crippen LogP contribution in [-0.4, -0.2) is 0 Å². The van der Waals surface area contributed by atoms with Crippen molar-refractivity contribution in [2.75, 3.05) is 0 Å². The van der Waals surface area contributed by atoms with Gasteiger partial charge in [0, 0.05) is 11.6 Å². The van der Waals surface area contributed by atoms with Crippen LogP contribution in [0.3, 0.4) is 0 Å². The van der Waals surface area contributed by atoms with Crippen molar-refractivity contribution in [3.63, 3.8) is 0 Å². The molecule has 0 atom stereocenters. The standard InChI is InChI=1S/C24H19N2O/c1-13-6-7-18-14(2)21-23-22-16(8-9-26(23)5)11-17(25-4)12-20(22)27-24(21)15(3)19(18)10-13/h6-12H,1-3,5H3/q+1. The van der Waals surface area contributed by atoms with Crippen LogP contribution in [0.4, 0.5) is 5.69 Å². The maximum absolute atomic E-state index is 7.42. The summed E-state index contributed by atoms with van der Waals surface area (Å²) in [6.07, 6.45) is 2.07. The third kappa shape index (κ3) is 2.04. The Morgan fingerprint density at radius 3 is 2.56 bits per heavy atom. The third-order valence-electron chi connectivity index (χ3n) is 5.69. The Hall–Kier alpha value is -3.38. The first kappa shape index (κ1) is 15.8. The molecule has 1 aliphatic heterocycles. The molecule has 5 rings (SSSR count). The summed E-state index contributed by atoms with van der Waals surface area (Å²) in [5, 5.41) is 4.61. The fourth-order valence-corrected chi connectivity index (χ4v) is 4.33. The highest BCUT2D eigenvalue weighted by molar-refractivity contribution is 6.07. The molecule has 2 heterocycles. The molecular formula is C24H19N2O+. The zero-order valence-electron chi connectivity index (χ0n) is 15.8. The van der Waals surface area contributed by atoms with E-state index >= 15 is 0 Å². The Morgan fingerprint density at radius 1 is 0.963 bits per heavy atom. The van der Waals surface area contributed by atoms with Gasteiger partial charge in [-0.1, -0.05) is 23.8 Å². The Morgan fingerprint density at radius 2 is 1.78 bits per heavy atom. The van der Waals surface area contributed by atoms with Crippen LogP contribution >= 0.6 is 0 Å². The van der Waals surface area contributed by atoms with E-state index in [1.165, 1.54) is 21.9 Å². The van der Waals surface area contributed by atoms with Crippen molar-refractivity contribution in [2.45, 2.75) is 20.8 Å². The van der Waals surface area contributed by atoms with E-state index in [1.807, 2.05) is 12.1 Å². The first-order valence-electron chi connectivity index (χ1n) is 9.05. The average Bonchev–Trinajstić information content (AvgIpc) is 2.67. The maximum atomic E-state index is 7.42. The van der Waals surface area contributed by atoms with Crippen molar-refractivity contribution in [2.24, 2.45) is 7.05 Å². The number of rotatable bonds is 0. The Balaban J connectivity index is 2.01. The quantitative estimate of drug-likeness (QED) is 0.245. The molecule has 3 nitrogen and oxygen atoms in total.